The quantitative estimate of drug-likeness (QED) is 0.429. The van der Waals surface area contributed by atoms with Crippen LogP contribution in [-0.2, 0) is 26.2 Å². The monoisotopic (exact) mass is 541 g/mol. The van der Waals surface area contributed by atoms with Gasteiger partial charge in [0.25, 0.3) is 0 Å². The number of rotatable bonds is 9. The molecule has 7 nitrogen and oxygen atoms in total. The molecule has 1 N–H and O–H groups in total. The topological polar surface area (TPSA) is 86.8 Å². The van der Waals surface area contributed by atoms with Crippen LogP contribution in [0.2, 0.25) is 5.02 Å². The van der Waals surface area contributed by atoms with Gasteiger partial charge in [-0.2, -0.15) is 4.31 Å². The first kappa shape index (κ1) is 27.1. The van der Waals surface area contributed by atoms with Crippen molar-refractivity contribution in [3.63, 3.8) is 0 Å². The number of nitrogens with one attached hydrogen (secondary N) is 1. The summed E-state index contributed by atoms with van der Waals surface area (Å²) in [5, 5.41) is 5.28. The molecule has 2 amide bonds. The highest BCUT2D eigenvalue weighted by Gasteiger charge is 2.31. The van der Waals surface area contributed by atoms with E-state index in [-0.39, 0.29) is 23.4 Å². The van der Waals surface area contributed by atoms with Crippen molar-refractivity contribution < 1.29 is 18.0 Å². The first-order valence-electron chi connectivity index (χ1n) is 12.4. The summed E-state index contributed by atoms with van der Waals surface area (Å²) in [6, 6.07) is 18.8. The van der Waals surface area contributed by atoms with Crippen LogP contribution in [0, 0.1) is 0 Å². The van der Waals surface area contributed by atoms with Gasteiger partial charge in [-0.1, -0.05) is 66.9 Å². The Balaban J connectivity index is 1.54. The largest absolute Gasteiger partial charge is 0.352 e. The number of sulfonamides is 1. The van der Waals surface area contributed by atoms with E-state index in [9.17, 15) is 18.0 Å². The number of nitrogens with zero attached hydrogens (tertiary/aromatic N) is 2. The van der Waals surface area contributed by atoms with Crippen LogP contribution in [-0.4, -0.2) is 55.1 Å². The van der Waals surface area contributed by atoms with E-state index in [1.54, 1.807) is 43.3 Å². The third kappa shape index (κ3) is 6.50. The summed E-state index contributed by atoms with van der Waals surface area (Å²) in [6.07, 6.45) is 3.99. The van der Waals surface area contributed by atoms with Gasteiger partial charge in [-0.25, -0.2) is 8.42 Å². The fourth-order valence-electron chi connectivity index (χ4n) is 4.68. The second kappa shape index (κ2) is 11.6. The number of fused-ring (bicyclic) bond motifs is 1. The van der Waals surface area contributed by atoms with E-state index in [1.165, 1.54) is 11.9 Å². The third-order valence-corrected chi connectivity index (χ3v) is 8.93. The number of carbonyl (C=O) groups is 2. The second-order valence-corrected chi connectivity index (χ2v) is 12.1. The molecule has 0 spiro atoms. The first-order valence-corrected chi connectivity index (χ1v) is 14.3. The van der Waals surface area contributed by atoms with Crippen LogP contribution in [0.5, 0.6) is 0 Å². The lowest BCUT2D eigenvalue weighted by Gasteiger charge is -2.31. The average molecular weight is 542 g/mol. The van der Waals surface area contributed by atoms with Crippen molar-refractivity contribution in [3.05, 3.63) is 77.3 Å². The van der Waals surface area contributed by atoms with Crippen LogP contribution in [0.15, 0.2) is 71.6 Å². The molecule has 0 radical (unpaired) electrons. The van der Waals surface area contributed by atoms with Crippen LogP contribution in [0.25, 0.3) is 10.8 Å². The van der Waals surface area contributed by atoms with Gasteiger partial charge >= 0.3 is 0 Å². The number of benzene rings is 3. The molecule has 196 valence electrons. The number of amides is 2. The zero-order valence-electron chi connectivity index (χ0n) is 21.1. The van der Waals surface area contributed by atoms with Gasteiger partial charge in [0.2, 0.25) is 21.8 Å². The first-order chi connectivity index (χ1) is 17.6. The SMILES string of the molecule is C[C@@H](C(=O)NC1CCCC1)N(Cc1cccc(Cl)c1)C(=O)CN(C)S(=O)(=O)c1ccc2ccccc2c1. The summed E-state index contributed by atoms with van der Waals surface area (Å²) in [6.45, 7) is 1.39. The molecule has 37 heavy (non-hydrogen) atoms. The van der Waals surface area contributed by atoms with Gasteiger partial charge in [0.15, 0.2) is 0 Å². The second-order valence-electron chi connectivity index (χ2n) is 9.59. The zero-order chi connectivity index (χ0) is 26.6. The van der Waals surface area contributed by atoms with Gasteiger partial charge in [-0.15, -0.1) is 0 Å². The molecule has 0 saturated heterocycles. The number of hydrogen-bond acceptors (Lipinski definition) is 4. The van der Waals surface area contributed by atoms with Gasteiger partial charge in [-0.3, -0.25) is 9.59 Å². The smallest absolute Gasteiger partial charge is 0.243 e. The molecule has 1 fully saturated rings. The van der Waals surface area contributed by atoms with Crippen molar-refractivity contribution in [2.45, 2.75) is 56.1 Å². The Morgan fingerprint density at radius 1 is 1.00 bits per heavy atom. The van der Waals surface area contributed by atoms with E-state index < -0.39 is 28.5 Å². The fraction of sp³-hybridized carbons (Fsp3) is 0.357. The summed E-state index contributed by atoms with van der Waals surface area (Å²) in [7, 11) is -2.56. The van der Waals surface area contributed by atoms with Crippen LogP contribution >= 0.6 is 11.6 Å². The van der Waals surface area contributed by atoms with Crippen LogP contribution in [0.1, 0.15) is 38.2 Å². The molecular formula is C28H32ClN3O4S. The minimum atomic E-state index is -3.94. The predicted molar refractivity (Wildman–Crippen MR) is 146 cm³/mol. The predicted octanol–water partition coefficient (Wildman–Crippen LogP) is 4.59. The minimum Gasteiger partial charge on any atom is -0.352 e. The van der Waals surface area contributed by atoms with Crippen molar-refractivity contribution >= 4 is 44.2 Å². The Morgan fingerprint density at radius 3 is 2.41 bits per heavy atom. The minimum absolute atomic E-state index is 0.106. The summed E-state index contributed by atoms with van der Waals surface area (Å²) < 4.78 is 27.7. The molecule has 4 rings (SSSR count). The summed E-state index contributed by atoms with van der Waals surface area (Å²) >= 11 is 6.15. The molecule has 9 heteroatoms. The number of hydrogen-bond donors (Lipinski definition) is 1. The maximum atomic E-state index is 13.5. The summed E-state index contributed by atoms with van der Waals surface area (Å²) in [5.74, 6) is -0.719. The van der Waals surface area contributed by atoms with Gasteiger partial charge in [0.05, 0.1) is 11.4 Å². The van der Waals surface area contributed by atoms with Crippen molar-refractivity contribution in [1.29, 1.82) is 0 Å². The highest BCUT2D eigenvalue weighted by atomic mass is 35.5. The molecule has 3 aromatic carbocycles. The molecule has 1 saturated carbocycles. The number of halogens is 1. The number of likely N-dealkylation sites (N-methyl/N-ethyl adjacent to an activating group) is 1. The third-order valence-electron chi connectivity index (χ3n) is 6.90. The standard InChI is InChI=1S/C28H32ClN3O4S/c1-20(28(34)30-25-12-5-6-13-25)32(18-21-8-7-11-24(29)16-21)27(33)19-31(2)37(35,36)26-15-14-22-9-3-4-10-23(22)17-26/h3-4,7-11,14-17,20,25H,5-6,12-13,18-19H2,1-2H3,(H,30,34)/t20-/m0/s1. The maximum absolute atomic E-state index is 13.5. The van der Waals surface area contributed by atoms with E-state index in [4.69, 9.17) is 11.6 Å². The molecule has 0 aromatic heterocycles. The van der Waals surface area contributed by atoms with E-state index >= 15 is 0 Å². The molecule has 1 aliphatic carbocycles. The molecule has 0 heterocycles. The van der Waals surface area contributed by atoms with E-state index in [2.05, 4.69) is 5.32 Å². The molecule has 0 aliphatic heterocycles. The van der Waals surface area contributed by atoms with E-state index in [0.29, 0.717) is 5.02 Å². The molecule has 0 bridgehead atoms. The lowest BCUT2D eigenvalue weighted by Crippen LogP contribution is -2.52. The summed E-state index contributed by atoms with van der Waals surface area (Å²) in [5.41, 5.74) is 0.751. The lowest BCUT2D eigenvalue weighted by molar-refractivity contribution is -0.140. The summed E-state index contributed by atoms with van der Waals surface area (Å²) in [4.78, 5) is 28.1. The Hall–Kier alpha value is -2.94. The lowest BCUT2D eigenvalue weighted by atomic mass is 10.1. The molecular weight excluding hydrogens is 510 g/mol. The molecule has 1 aliphatic rings. The van der Waals surface area contributed by atoms with Crippen molar-refractivity contribution in [2.75, 3.05) is 13.6 Å². The Morgan fingerprint density at radius 2 is 1.70 bits per heavy atom. The maximum Gasteiger partial charge on any atom is 0.243 e. The van der Waals surface area contributed by atoms with E-state index in [0.717, 1.165) is 46.3 Å². The van der Waals surface area contributed by atoms with Crippen molar-refractivity contribution in [3.8, 4) is 0 Å². The Kier molecular flexibility index (Phi) is 8.52. The van der Waals surface area contributed by atoms with Gasteiger partial charge in [0.1, 0.15) is 6.04 Å². The van der Waals surface area contributed by atoms with Gasteiger partial charge in [0, 0.05) is 24.7 Å². The van der Waals surface area contributed by atoms with Crippen LogP contribution in [0.3, 0.4) is 0 Å². The Labute approximate surface area is 223 Å². The fourth-order valence-corrected chi connectivity index (χ4v) is 6.05. The Bertz CT molecular complexity index is 1390. The molecule has 3 aromatic rings. The number of carbonyl (C=O) groups excluding carboxylic acids is 2. The zero-order valence-corrected chi connectivity index (χ0v) is 22.6. The highest BCUT2D eigenvalue weighted by Crippen LogP contribution is 2.23. The van der Waals surface area contributed by atoms with E-state index in [1.807, 2.05) is 30.3 Å². The van der Waals surface area contributed by atoms with Gasteiger partial charge in [-0.05, 0) is 60.4 Å². The normalized spacial score (nSPS) is 15.1. The highest BCUT2D eigenvalue weighted by molar-refractivity contribution is 7.89. The van der Waals surface area contributed by atoms with Crippen LogP contribution < -0.4 is 5.32 Å². The van der Waals surface area contributed by atoms with Gasteiger partial charge < -0.3 is 10.2 Å². The molecule has 0 unspecified atom stereocenters. The van der Waals surface area contributed by atoms with Crippen LogP contribution in [0.4, 0.5) is 0 Å². The molecule has 1 atom stereocenters. The van der Waals surface area contributed by atoms with Crippen molar-refractivity contribution in [2.24, 2.45) is 0 Å². The van der Waals surface area contributed by atoms with Crippen molar-refractivity contribution in [1.82, 2.24) is 14.5 Å². The average Bonchev–Trinajstić information content (AvgIpc) is 3.39.